The molecule has 1 N–H and O–H groups in total. The molecule has 29 heavy (non-hydrogen) atoms. The maximum Gasteiger partial charge on any atom is 0.256 e. The maximum absolute atomic E-state index is 13.5. The summed E-state index contributed by atoms with van der Waals surface area (Å²) in [7, 11) is 0. The number of piperidine rings is 1. The quantitative estimate of drug-likeness (QED) is 0.863. The van der Waals surface area contributed by atoms with Gasteiger partial charge in [-0.15, -0.1) is 0 Å². The van der Waals surface area contributed by atoms with Gasteiger partial charge >= 0.3 is 0 Å². The van der Waals surface area contributed by atoms with Gasteiger partial charge in [-0.25, -0.2) is 14.8 Å². The number of hydrazone groups is 1. The normalized spacial score (nSPS) is 31.3. The lowest BCUT2D eigenvalue weighted by molar-refractivity contribution is -0.0345. The van der Waals surface area contributed by atoms with Crippen LogP contribution >= 0.6 is 0 Å². The molecule has 3 fully saturated rings. The molecule has 4 unspecified atom stereocenters. The highest BCUT2D eigenvalue weighted by atomic mass is 19.1. The lowest BCUT2D eigenvalue weighted by atomic mass is 9.73. The van der Waals surface area contributed by atoms with Gasteiger partial charge in [0, 0.05) is 24.2 Å². The fourth-order valence-electron chi connectivity index (χ4n) is 5.27. The van der Waals surface area contributed by atoms with E-state index < -0.39 is 5.82 Å². The maximum atomic E-state index is 13.5. The lowest BCUT2D eigenvalue weighted by Crippen LogP contribution is -2.59. The minimum absolute atomic E-state index is 0.00133. The van der Waals surface area contributed by atoms with Crippen molar-refractivity contribution in [3.05, 3.63) is 54.0 Å². The Morgan fingerprint density at radius 2 is 2.14 bits per heavy atom. The molecule has 2 aliphatic carbocycles. The summed E-state index contributed by atoms with van der Waals surface area (Å²) in [6.07, 6.45) is 4.88. The zero-order valence-corrected chi connectivity index (χ0v) is 15.7. The summed E-state index contributed by atoms with van der Waals surface area (Å²) >= 11 is 0. The number of halogens is 1. The van der Waals surface area contributed by atoms with Crippen LogP contribution in [0.2, 0.25) is 0 Å². The predicted octanol–water partition coefficient (Wildman–Crippen LogP) is 2.21. The average Bonchev–Trinajstić information content (AvgIpc) is 3.10. The van der Waals surface area contributed by atoms with E-state index >= 15 is 0 Å². The molecule has 2 aromatic rings. The van der Waals surface area contributed by atoms with Gasteiger partial charge in [0.1, 0.15) is 11.9 Å². The second-order valence-electron chi connectivity index (χ2n) is 8.20. The van der Waals surface area contributed by atoms with E-state index in [1.54, 1.807) is 11.3 Å². The first-order valence-corrected chi connectivity index (χ1v) is 9.90. The first-order valence-electron chi connectivity index (χ1n) is 9.90. The Hall–Kier alpha value is -3.00. The molecule has 7 nitrogen and oxygen atoms in total. The van der Waals surface area contributed by atoms with Crippen LogP contribution in [0, 0.1) is 17.2 Å². The highest BCUT2D eigenvalue weighted by Gasteiger charge is 2.76. The third-order valence-electron chi connectivity index (χ3n) is 6.68. The highest BCUT2D eigenvalue weighted by Crippen LogP contribution is 2.71. The van der Waals surface area contributed by atoms with Crippen molar-refractivity contribution in [2.45, 2.75) is 25.0 Å². The van der Waals surface area contributed by atoms with E-state index in [0.717, 1.165) is 31.3 Å². The summed E-state index contributed by atoms with van der Waals surface area (Å²) < 4.78 is 19.2. The molecule has 1 amide bonds. The number of amides is 1. The Kier molecular flexibility index (Phi) is 3.50. The summed E-state index contributed by atoms with van der Waals surface area (Å²) in [6, 6.07) is 10.4. The molecule has 8 heteroatoms. The number of hydrogen-bond donors (Lipinski definition) is 1. The molecular weight excluding hydrogens is 373 g/mol. The summed E-state index contributed by atoms with van der Waals surface area (Å²) in [4.78, 5) is 19.5. The van der Waals surface area contributed by atoms with Crippen molar-refractivity contribution in [2.24, 2.45) is 16.4 Å². The number of hydrogen-bond acceptors (Lipinski definition) is 6. The van der Waals surface area contributed by atoms with Gasteiger partial charge in [-0.2, -0.15) is 10.2 Å². The molecule has 2 saturated carbocycles. The van der Waals surface area contributed by atoms with Crippen LogP contribution in [0.3, 0.4) is 0 Å². The topological polar surface area (TPSA) is 70.1 Å². The van der Waals surface area contributed by atoms with Crippen molar-refractivity contribution in [1.82, 2.24) is 15.3 Å². The number of rotatable bonds is 4. The molecule has 1 aromatic carbocycles. The van der Waals surface area contributed by atoms with E-state index in [-0.39, 0.29) is 23.5 Å². The molecule has 4 aliphatic rings. The van der Waals surface area contributed by atoms with Crippen molar-refractivity contribution in [1.29, 1.82) is 0 Å². The summed E-state index contributed by atoms with van der Waals surface area (Å²) in [6.45, 7) is 1.39. The minimum Gasteiger partial charge on any atom is -0.472 e. The Labute approximate surface area is 167 Å². The van der Waals surface area contributed by atoms with Gasteiger partial charge < -0.3 is 9.64 Å². The van der Waals surface area contributed by atoms with Crippen LogP contribution in [0.5, 0.6) is 5.88 Å². The van der Waals surface area contributed by atoms with Crippen LogP contribution < -0.4 is 15.3 Å². The van der Waals surface area contributed by atoms with Gasteiger partial charge in [0.2, 0.25) is 5.88 Å². The van der Waals surface area contributed by atoms with Gasteiger partial charge in [0.25, 0.3) is 5.91 Å². The van der Waals surface area contributed by atoms with Gasteiger partial charge in [0.05, 0.1) is 30.0 Å². The van der Waals surface area contributed by atoms with Crippen LogP contribution in [-0.2, 0) is 0 Å². The van der Waals surface area contributed by atoms with E-state index in [2.05, 4.69) is 15.5 Å². The molecule has 0 bridgehead atoms. The number of anilines is 1. The van der Waals surface area contributed by atoms with Crippen LogP contribution in [-0.4, -0.2) is 47.2 Å². The molecule has 4 atom stereocenters. The standard InChI is InChI=1S/C21H20FN5O2/c22-14-5-6-18(23-11-14)29-17-10-21-9-13(21)12-26(19(17)21)20(28)15-3-1-2-4-16(15)27-24-7-8-25-27/h1-7,11,13,17,19,25H,8-10,12H2. The molecular formula is C21H20FN5O2. The van der Waals surface area contributed by atoms with E-state index in [1.807, 2.05) is 29.2 Å². The predicted molar refractivity (Wildman–Crippen MR) is 104 cm³/mol. The second-order valence-corrected chi connectivity index (χ2v) is 8.20. The fourth-order valence-corrected chi connectivity index (χ4v) is 5.27. The number of nitrogens with zero attached hydrogens (tertiary/aromatic N) is 4. The largest absolute Gasteiger partial charge is 0.472 e. The summed E-state index contributed by atoms with van der Waals surface area (Å²) in [5.74, 6) is 0.560. The number of para-hydroxylation sites is 1. The van der Waals surface area contributed by atoms with E-state index in [4.69, 9.17) is 4.74 Å². The van der Waals surface area contributed by atoms with Crippen LogP contribution in [0.25, 0.3) is 0 Å². The van der Waals surface area contributed by atoms with Gasteiger partial charge in [0.15, 0.2) is 0 Å². The zero-order chi connectivity index (χ0) is 19.6. The molecule has 148 valence electrons. The van der Waals surface area contributed by atoms with Crippen LogP contribution in [0.4, 0.5) is 10.1 Å². The Morgan fingerprint density at radius 1 is 1.24 bits per heavy atom. The van der Waals surface area contributed by atoms with Crippen molar-refractivity contribution in [3.8, 4) is 5.88 Å². The van der Waals surface area contributed by atoms with E-state index in [1.165, 1.54) is 12.1 Å². The molecule has 2 aliphatic heterocycles. The molecule has 6 rings (SSSR count). The lowest BCUT2D eigenvalue weighted by Gasteiger charge is -2.47. The first-order chi connectivity index (χ1) is 14.2. The van der Waals surface area contributed by atoms with E-state index in [9.17, 15) is 9.18 Å². The number of ether oxygens (including phenoxy) is 1. The third-order valence-corrected chi connectivity index (χ3v) is 6.68. The Morgan fingerprint density at radius 3 is 2.93 bits per heavy atom. The molecule has 1 aromatic heterocycles. The second kappa shape index (κ2) is 6.00. The Bertz CT molecular complexity index is 1010. The van der Waals surface area contributed by atoms with Crippen molar-refractivity contribution in [3.63, 3.8) is 0 Å². The molecule has 0 radical (unpaired) electrons. The number of benzene rings is 1. The van der Waals surface area contributed by atoms with Crippen LogP contribution in [0.1, 0.15) is 23.2 Å². The fraction of sp³-hybridized carbons (Fsp3) is 0.381. The molecule has 1 saturated heterocycles. The van der Waals surface area contributed by atoms with Gasteiger partial charge in [-0.05, 0) is 37.0 Å². The number of aromatic nitrogens is 1. The third kappa shape index (κ3) is 2.48. The van der Waals surface area contributed by atoms with E-state index in [0.29, 0.717) is 23.9 Å². The van der Waals surface area contributed by atoms with Crippen molar-refractivity contribution < 1.29 is 13.9 Å². The van der Waals surface area contributed by atoms with Gasteiger partial charge in [-0.3, -0.25) is 4.79 Å². The summed E-state index contributed by atoms with van der Waals surface area (Å²) in [5.41, 5.74) is 4.70. The van der Waals surface area contributed by atoms with Crippen molar-refractivity contribution >= 4 is 17.8 Å². The van der Waals surface area contributed by atoms with Gasteiger partial charge in [-0.1, -0.05) is 12.1 Å². The average molecular weight is 393 g/mol. The van der Waals surface area contributed by atoms with Crippen molar-refractivity contribution in [2.75, 3.05) is 18.2 Å². The number of nitrogens with one attached hydrogen (secondary N) is 1. The zero-order valence-electron chi connectivity index (χ0n) is 15.7. The minimum atomic E-state index is -0.392. The number of carbonyl (C=O) groups is 1. The number of likely N-dealkylation sites (tertiary alicyclic amines) is 1. The summed E-state index contributed by atoms with van der Waals surface area (Å²) in [5, 5.41) is 5.94. The number of hydrazine groups is 1. The molecule has 3 heterocycles. The number of pyridine rings is 1. The monoisotopic (exact) mass is 393 g/mol. The Balaban J connectivity index is 1.26. The first kappa shape index (κ1) is 16.9. The smallest absolute Gasteiger partial charge is 0.256 e. The molecule has 1 spiro atoms. The number of carbonyl (C=O) groups excluding carboxylic acids is 1. The highest BCUT2D eigenvalue weighted by molar-refractivity contribution is 6.00. The SMILES string of the molecule is O=C(c1ccccc1N1N=CCN1)N1CC2CC23CC(Oc2ccc(F)cn2)C13. The van der Waals surface area contributed by atoms with Crippen LogP contribution in [0.15, 0.2) is 47.7 Å².